The summed E-state index contributed by atoms with van der Waals surface area (Å²) >= 11 is 0. The lowest BCUT2D eigenvalue weighted by molar-refractivity contribution is -0.125. The lowest BCUT2D eigenvalue weighted by atomic mass is 9.81. The minimum Gasteiger partial charge on any atom is -0.369 e. The number of benzene rings is 1. The molecule has 1 saturated heterocycles. The summed E-state index contributed by atoms with van der Waals surface area (Å²) in [5.74, 6) is 0.283. The third-order valence-electron chi connectivity index (χ3n) is 5.04. The fourth-order valence-electron chi connectivity index (χ4n) is 2.97. The Morgan fingerprint density at radius 1 is 1.19 bits per heavy atom. The lowest BCUT2D eigenvalue weighted by Gasteiger charge is -2.30. The van der Waals surface area contributed by atoms with Crippen molar-refractivity contribution in [1.82, 2.24) is 0 Å². The van der Waals surface area contributed by atoms with Gasteiger partial charge in [-0.1, -0.05) is 19.9 Å². The second-order valence-electron chi connectivity index (χ2n) is 6.33. The van der Waals surface area contributed by atoms with Crippen molar-refractivity contribution in [2.45, 2.75) is 26.7 Å². The van der Waals surface area contributed by atoms with E-state index in [-0.39, 0.29) is 42.2 Å². The van der Waals surface area contributed by atoms with Gasteiger partial charge in [0.15, 0.2) is 9.84 Å². The van der Waals surface area contributed by atoms with Crippen molar-refractivity contribution in [2.75, 3.05) is 41.4 Å². The van der Waals surface area contributed by atoms with Gasteiger partial charge in [-0.05, 0) is 31.0 Å². The number of carbonyl (C=O) groups excluding carboxylic acids is 1. The summed E-state index contributed by atoms with van der Waals surface area (Å²) in [6.07, 6.45) is 1.38. The van der Waals surface area contributed by atoms with Gasteiger partial charge in [0.2, 0.25) is 5.91 Å². The molecule has 1 fully saturated rings. The molecule has 1 aliphatic rings. The molecule has 2 rings (SSSR count). The molecule has 0 saturated carbocycles. The van der Waals surface area contributed by atoms with Crippen LogP contribution in [0.25, 0.3) is 0 Å². The van der Waals surface area contributed by atoms with E-state index in [1.165, 1.54) is 0 Å². The molecule has 3 N–H and O–H groups in total. The Kier molecular flexibility index (Phi) is 9.94. The molecular weight excluding hydrogens is 397 g/mol. The molecule has 0 aromatic heterocycles. The number of carbonyl (C=O) groups is 1. The van der Waals surface area contributed by atoms with E-state index in [4.69, 9.17) is 5.73 Å². The predicted octanol–water partition coefficient (Wildman–Crippen LogP) is 2.47. The Balaban J connectivity index is 0.00000312. The zero-order valence-corrected chi connectivity index (χ0v) is 17.7. The fourth-order valence-corrected chi connectivity index (χ4v) is 4.17. The van der Waals surface area contributed by atoms with Crippen LogP contribution < -0.4 is 16.0 Å². The Morgan fingerprint density at radius 3 is 2.27 bits per heavy atom. The number of rotatable bonds is 6. The molecule has 26 heavy (non-hydrogen) atoms. The standard InChI is InChI=1S/C17H27N3O3S.2ClH/c1-3-17(4-2,13-18)16(21)19-14-6-5-7-15(12-14)20-8-10-24(22,23)11-9-20;;/h5-7,12H,3-4,8-11,13,18H2,1-2H3,(H,19,21);2*1H. The molecule has 0 radical (unpaired) electrons. The van der Waals surface area contributed by atoms with Crippen LogP contribution in [0.5, 0.6) is 0 Å². The lowest BCUT2D eigenvalue weighted by Crippen LogP contribution is -2.41. The monoisotopic (exact) mass is 425 g/mol. The van der Waals surface area contributed by atoms with Gasteiger partial charge in [0.05, 0.1) is 16.9 Å². The first-order chi connectivity index (χ1) is 11.4. The molecule has 150 valence electrons. The number of halogens is 2. The third kappa shape index (κ3) is 5.74. The van der Waals surface area contributed by atoms with Gasteiger partial charge in [0, 0.05) is 31.0 Å². The van der Waals surface area contributed by atoms with E-state index >= 15 is 0 Å². The average molecular weight is 426 g/mol. The highest BCUT2D eigenvalue weighted by Crippen LogP contribution is 2.28. The zero-order valence-electron chi connectivity index (χ0n) is 15.2. The quantitative estimate of drug-likeness (QED) is 0.729. The van der Waals surface area contributed by atoms with E-state index in [0.29, 0.717) is 38.2 Å². The van der Waals surface area contributed by atoms with E-state index in [9.17, 15) is 13.2 Å². The van der Waals surface area contributed by atoms with Gasteiger partial charge in [-0.3, -0.25) is 4.79 Å². The van der Waals surface area contributed by atoms with Crippen molar-refractivity contribution in [3.05, 3.63) is 24.3 Å². The molecular formula is C17H29Cl2N3O3S. The van der Waals surface area contributed by atoms with Gasteiger partial charge in [0.25, 0.3) is 0 Å². The summed E-state index contributed by atoms with van der Waals surface area (Å²) in [5.41, 5.74) is 6.92. The topological polar surface area (TPSA) is 92.5 Å². The molecule has 1 aromatic carbocycles. The van der Waals surface area contributed by atoms with Crippen LogP contribution in [-0.2, 0) is 14.6 Å². The highest BCUT2D eigenvalue weighted by Gasteiger charge is 2.33. The Bertz CT molecular complexity index is 672. The van der Waals surface area contributed by atoms with Gasteiger partial charge in [-0.2, -0.15) is 0 Å². The predicted molar refractivity (Wildman–Crippen MR) is 113 cm³/mol. The average Bonchev–Trinajstić information content (AvgIpc) is 2.57. The van der Waals surface area contributed by atoms with Crippen molar-refractivity contribution >= 4 is 51.9 Å². The number of hydrogen-bond acceptors (Lipinski definition) is 5. The second kappa shape index (κ2) is 10.3. The van der Waals surface area contributed by atoms with Crippen LogP contribution in [0.15, 0.2) is 24.3 Å². The van der Waals surface area contributed by atoms with Gasteiger partial charge < -0.3 is 16.0 Å². The molecule has 1 amide bonds. The third-order valence-corrected chi connectivity index (χ3v) is 6.65. The van der Waals surface area contributed by atoms with E-state index in [1.807, 2.05) is 43.0 Å². The molecule has 0 unspecified atom stereocenters. The van der Waals surface area contributed by atoms with Crippen LogP contribution in [0.2, 0.25) is 0 Å². The van der Waals surface area contributed by atoms with E-state index in [2.05, 4.69) is 5.32 Å². The fraction of sp³-hybridized carbons (Fsp3) is 0.588. The highest BCUT2D eigenvalue weighted by atomic mass is 35.5. The summed E-state index contributed by atoms with van der Waals surface area (Å²) < 4.78 is 23.1. The van der Waals surface area contributed by atoms with Crippen LogP contribution in [0.1, 0.15) is 26.7 Å². The number of nitrogens with two attached hydrogens (primary N) is 1. The minimum absolute atomic E-state index is 0. The maximum atomic E-state index is 12.6. The number of anilines is 2. The van der Waals surface area contributed by atoms with Crippen LogP contribution in [0, 0.1) is 5.41 Å². The maximum absolute atomic E-state index is 12.6. The molecule has 1 aromatic rings. The first-order valence-electron chi connectivity index (χ1n) is 8.43. The van der Waals surface area contributed by atoms with Gasteiger partial charge in [-0.25, -0.2) is 8.42 Å². The second-order valence-corrected chi connectivity index (χ2v) is 8.64. The van der Waals surface area contributed by atoms with Crippen LogP contribution >= 0.6 is 24.8 Å². The number of nitrogens with one attached hydrogen (secondary N) is 1. The number of sulfone groups is 1. The van der Waals surface area contributed by atoms with E-state index in [1.54, 1.807) is 0 Å². The Hall–Kier alpha value is -1.02. The van der Waals surface area contributed by atoms with E-state index in [0.717, 1.165) is 5.69 Å². The normalized spacial score (nSPS) is 16.2. The Morgan fingerprint density at radius 2 is 1.77 bits per heavy atom. The first-order valence-corrected chi connectivity index (χ1v) is 10.2. The van der Waals surface area contributed by atoms with Crippen LogP contribution in [0.4, 0.5) is 11.4 Å². The number of hydrogen-bond donors (Lipinski definition) is 2. The number of amides is 1. The molecule has 0 spiro atoms. The largest absolute Gasteiger partial charge is 0.369 e. The number of nitrogens with zero attached hydrogens (tertiary/aromatic N) is 1. The van der Waals surface area contributed by atoms with Gasteiger partial charge >= 0.3 is 0 Å². The summed E-state index contributed by atoms with van der Waals surface area (Å²) in [6.45, 7) is 5.23. The van der Waals surface area contributed by atoms with Gasteiger partial charge in [-0.15, -0.1) is 24.8 Å². The molecule has 0 aliphatic carbocycles. The summed E-state index contributed by atoms with van der Waals surface area (Å²) in [5, 5.41) is 2.97. The zero-order chi connectivity index (χ0) is 17.8. The van der Waals surface area contributed by atoms with Crippen molar-refractivity contribution in [3.63, 3.8) is 0 Å². The Labute approximate surface area is 168 Å². The first kappa shape index (κ1) is 25.0. The molecule has 9 heteroatoms. The maximum Gasteiger partial charge on any atom is 0.231 e. The summed E-state index contributed by atoms with van der Waals surface area (Å²) in [4.78, 5) is 14.7. The summed E-state index contributed by atoms with van der Waals surface area (Å²) in [6, 6.07) is 7.54. The molecule has 6 nitrogen and oxygen atoms in total. The smallest absolute Gasteiger partial charge is 0.231 e. The summed E-state index contributed by atoms with van der Waals surface area (Å²) in [7, 11) is -2.91. The highest BCUT2D eigenvalue weighted by molar-refractivity contribution is 7.91. The molecule has 1 aliphatic heterocycles. The van der Waals surface area contributed by atoms with E-state index < -0.39 is 15.3 Å². The van der Waals surface area contributed by atoms with Crippen LogP contribution in [-0.4, -0.2) is 45.5 Å². The molecule has 0 bridgehead atoms. The van der Waals surface area contributed by atoms with Crippen molar-refractivity contribution in [1.29, 1.82) is 0 Å². The van der Waals surface area contributed by atoms with Gasteiger partial charge in [0.1, 0.15) is 0 Å². The molecule has 1 heterocycles. The molecule has 0 atom stereocenters. The van der Waals surface area contributed by atoms with Crippen molar-refractivity contribution < 1.29 is 13.2 Å². The van der Waals surface area contributed by atoms with Crippen LogP contribution in [0.3, 0.4) is 0 Å². The minimum atomic E-state index is -2.91. The SMILES string of the molecule is CCC(CC)(CN)C(=O)Nc1cccc(N2CCS(=O)(=O)CC2)c1.Cl.Cl. The van der Waals surface area contributed by atoms with Crippen molar-refractivity contribution in [2.24, 2.45) is 11.1 Å². The van der Waals surface area contributed by atoms with Crippen molar-refractivity contribution in [3.8, 4) is 0 Å².